The Balaban J connectivity index is 1.82. The van der Waals surface area contributed by atoms with Crippen LogP contribution >= 0.6 is 23.4 Å². The normalized spacial score (nSPS) is 12.7. The summed E-state index contributed by atoms with van der Waals surface area (Å²) in [6.45, 7) is 2.07. The minimum atomic E-state index is -4.54. The standard InChI is InChI=1S/C22H23ClF3N5OS/c1-4-18(30(2)3)20-28-29-21(31(20)15-8-6-5-7-9-15)33-13-19(32)27-17-12-14(22(24,25)26)10-11-16(17)23/h5-12,18H,4,13H2,1-3H3,(H,27,32)/p+1/t18-/m1/s1. The lowest BCUT2D eigenvalue weighted by Gasteiger charge is -2.20. The summed E-state index contributed by atoms with van der Waals surface area (Å²) in [6.07, 6.45) is -3.70. The number of amides is 1. The number of hydrogen-bond acceptors (Lipinski definition) is 4. The van der Waals surface area contributed by atoms with Crippen LogP contribution in [-0.4, -0.2) is 40.5 Å². The number of nitrogens with one attached hydrogen (secondary N) is 2. The zero-order valence-corrected chi connectivity index (χ0v) is 19.9. The number of thioether (sulfide) groups is 1. The Hall–Kier alpha value is -2.56. The maximum atomic E-state index is 13.0. The van der Waals surface area contributed by atoms with Crippen LogP contribution in [-0.2, 0) is 11.0 Å². The third-order valence-corrected chi connectivity index (χ3v) is 6.25. The Kier molecular flexibility index (Phi) is 8.04. The fourth-order valence-electron chi connectivity index (χ4n) is 3.38. The van der Waals surface area contributed by atoms with Crippen LogP contribution in [0.15, 0.2) is 53.7 Å². The van der Waals surface area contributed by atoms with Crippen molar-refractivity contribution in [2.75, 3.05) is 25.2 Å². The molecule has 3 rings (SSSR count). The highest BCUT2D eigenvalue weighted by atomic mass is 35.5. The van der Waals surface area contributed by atoms with Gasteiger partial charge in [0.15, 0.2) is 11.0 Å². The molecule has 0 saturated heterocycles. The second-order valence-corrected chi connectivity index (χ2v) is 8.93. The summed E-state index contributed by atoms with van der Waals surface area (Å²) in [6, 6.07) is 12.5. The van der Waals surface area contributed by atoms with Gasteiger partial charge in [-0.2, -0.15) is 13.2 Å². The van der Waals surface area contributed by atoms with Crippen LogP contribution in [0.3, 0.4) is 0 Å². The molecule has 6 nitrogen and oxygen atoms in total. The molecular weight excluding hydrogens is 475 g/mol. The van der Waals surface area contributed by atoms with E-state index in [0.29, 0.717) is 5.16 Å². The van der Waals surface area contributed by atoms with E-state index in [1.54, 1.807) is 0 Å². The largest absolute Gasteiger partial charge is 0.416 e. The van der Waals surface area contributed by atoms with Crippen LogP contribution in [0.5, 0.6) is 0 Å². The smallest absolute Gasteiger partial charge is 0.331 e. The van der Waals surface area contributed by atoms with Crippen LogP contribution in [0.25, 0.3) is 5.69 Å². The van der Waals surface area contributed by atoms with E-state index in [4.69, 9.17) is 11.6 Å². The van der Waals surface area contributed by atoms with Gasteiger partial charge in [-0.15, -0.1) is 10.2 Å². The monoisotopic (exact) mass is 498 g/mol. The van der Waals surface area contributed by atoms with Crippen molar-refractivity contribution in [1.29, 1.82) is 0 Å². The highest BCUT2D eigenvalue weighted by molar-refractivity contribution is 7.99. The molecule has 0 aliphatic heterocycles. The third kappa shape index (κ3) is 6.07. The third-order valence-electron chi connectivity index (χ3n) is 4.99. The predicted octanol–water partition coefficient (Wildman–Crippen LogP) is 4.27. The van der Waals surface area contributed by atoms with E-state index in [1.807, 2.05) is 49.0 Å². The average Bonchev–Trinajstić information content (AvgIpc) is 3.17. The number of rotatable bonds is 8. The van der Waals surface area contributed by atoms with Gasteiger partial charge in [0.05, 0.1) is 36.1 Å². The van der Waals surface area contributed by atoms with Crippen molar-refractivity contribution in [1.82, 2.24) is 14.8 Å². The number of aromatic nitrogens is 3. The zero-order chi connectivity index (χ0) is 24.2. The molecule has 0 saturated carbocycles. The summed E-state index contributed by atoms with van der Waals surface area (Å²) in [5, 5.41) is 11.7. The molecule has 0 spiro atoms. The van der Waals surface area contributed by atoms with Gasteiger partial charge < -0.3 is 10.2 Å². The quantitative estimate of drug-likeness (QED) is 0.455. The first kappa shape index (κ1) is 25.1. The lowest BCUT2D eigenvalue weighted by molar-refractivity contribution is -0.893. The van der Waals surface area contributed by atoms with Gasteiger partial charge in [-0.3, -0.25) is 9.36 Å². The van der Waals surface area contributed by atoms with Gasteiger partial charge in [0.2, 0.25) is 5.91 Å². The molecule has 0 aliphatic rings. The van der Waals surface area contributed by atoms with Crippen molar-refractivity contribution < 1.29 is 22.9 Å². The number of anilines is 1. The molecule has 11 heteroatoms. The van der Waals surface area contributed by atoms with Crippen LogP contribution in [0.1, 0.15) is 30.8 Å². The van der Waals surface area contributed by atoms with E-state index < -0.39 is 17.6 Å². The second-order valence-electron chi connectivity index (χ2n) is 7.58. The van der Waals surface area contributed by atoms with Crippen molar-refractivity contribution in [3.05, 3.63) is 64.9 Å². The van der Waals surface area contributed by atoms with Gasteiger partial charge >= 0.3 is 6.18 Å². The maximum absolute atomic E-state index is 13.0. The maximum Gasteiger partial charge on any atom is 0.416 e. The molecular formula is C22H24ClF3N5OS+. The van der Waals surface area contributed by atoms with Crippen molar-refractivity contribution in [2.24, 2.45) is 0 Å². The van der Waals surface area contributed by atoms with E-state index in [9.17, 15) is 18.0 Å². The van der Waals surface area contributed by atoms with E-state index >= 15 is 0 Å². The molecule has 0 unspecified atom stereocenters. The first-order valence-electron chi connectivity index (χ1n) is 10.2. The molecule has 0 aliphatic carbocycles. The molecule has 3 aromatic rings. The molecule has 33 heavy (non-hydrogen) atoms. The predicted molar refractivity (Wildman–Crippen MR) is 123 cm³/mol. The van der Waals surface area contributed by atoms with Gasteiger partial charge in [-0.1, -0.05) is 48.5 Å². The molecule has 1 amide bonds. The van der Waals surface area contributed by atoms with E-state index in [-0.39, 0.29) is 22.5 Å². The minimum Gasteiger partial charge on any atom is -0.331 e. The van der Waals surface area contributed by atoms with Crippen molar-refractivity contribution in [3.63, 3.8) is 0 Å². The number of carbonyl (C=O) groups is 1. The summed E-state index contributed by atoms with van der Waals surface area (Å²) in [7, 11) is 4.08. The first-order chi connectivity index (χ1) is 15.6. The SMILES string of the molecule is CC[C@H](c1nnc(SCC(=O)Nc2cc(C(F)(F)F)ccc2Cl)n1-c1ccccc1)[NH+](C)C. The van der Waals surface area contributed by atoms with Gasteiger partial charge in [0.25, 0.3) is 0 Å². The fourth-order valence-corrected chi connectivity index (χ4v) is 4.31. The summed E-state index contributed by atoms with van der Waals surface area (Å²) in [4.78, 5) is 13.7. The van der Waals surface area contributed by atoms with Crippen LogP contribution in [0, 0.1) is 0 Å². The number of carbonyl (C=O) groups excluding carboxylic acids is 1. The van der Waals surface area contributed by atoms with E-state index in [1.165, 1.54) is 4.90 Å². The topological polar surface area (TPSA) is 64.2 Å². The number of benzene rings is 2. The van der Waals surface area contributed by atoms with Crippen LogP contribution in [0.4, 0.5) is 18.9 Å². The molecule has 0 bridgehead atoms. The molecule has 0 radical (unpaired) electrons. The van der Waals surface area contributed by atoms with Crippen molar-refractivity contribution >= 4 is 35.0 Å². The summed E-state index contributed by atoms with van der Waals surface area (Å²) in [5.41, 5.74) is -0.120. The lowest BCUT2D eigenvalue weighted by atomic mass is 10.2. The van der Waals surface area contributed by atoms with E-state index in [0.717, 1.165) is 47.9 Å². The van der Waals surface area contributed by atoms with Crippen molar-refractivity contribution in [2.45, 2.75) is 30.7 Å². The van der Waals surface area contributed by atoms with Crippen LogP contribution < -0.4 is 10.2 Å². The minimum absolute atomic E-state index is 0.0239. The number of nitrogens with zero attached hydrogens (tertiary/aromatic N) is 3. The first-order valence-corrected chi connectivity index (χ1v) is 11.6. The number of hydrogen-bond donors (Lipinski definition) is 2. The Bertz CT molecular complexity index is 1110. The summed E-state index contributed by atoms with van der Waals surface area (Å²) >= 11 is 7.13. The van der Waals surface area contributed by atoms with Gasteiger partial charge in [0, 0.05) is 12.1 Å². The second kappa shape index (κ2) is 10.6. The molecule has 1 atom stereocenters. The lowest BCUT2D eigenvalue weighted by Crippen LogP contribution is -3.06. The average molecular weight is 499 g/mol. The molecule has 0 fully saturated rings. The number of halogens is 4. The van der Waals surface area contributed by atoms with Gasteiger partial charge in [-0.25, -0.2) is 0 Å². The number of quaternary nitrogens is 1. The van der Waals surface area contributed by atoms with Crippen LogP contribution in [0.2, 0.25) is 5.02 Å². The highest BCUT2D eigenvalue weighted by Gasteiger charge is 2.31. The van der Waals surface area contributed by atoms with Crippen molar-refractivity contribution in [3.8, 4) is 5.69 Å². The Morgan fingerprint density at radius 1 is 1.18 bits per heavy atom. The number of alkyl halides is 3. The summed E-state index contributed by atoms with van der Waals surface area (Å²) < 4.78 is 40.9. The van der Waals surface area contributed by atoms with E-state index in [2.05, 4.69) is 22.4 Å². The molecule has 2 aromatic carbocycles. The zero-order valence-electron chi connectivity index (χ0n) is 18.3. The van der Waals surface area contributed by atoms with Gasteiger partial charge in [0.1, 0.15) is 6.04 Å². The molecule has 2 N–H and O–H groups in total. The Morgan fingerprint density at radius 3 is 2.48 bits per heavy atom. The molecule has 176 valence electrons. The summed E-state index contributed by atoms with van der Waals surface area (Å²) in [5.74, 6) is 0.187. The Morgan fingerprint density at radius 2 is 1.88 bits per heavy atom. The van der Waals surface area contributed by atoms with Gasteiger partial charge in [-0.05, 0) is 30.3 Å². The molecule has 1 heterocycles. The number of para-hydroxylation sites is 1. The Labute approximate surface area is 199 Å². The fraction of sp³-hybridized carbons (Fsp3) is 0.318. The highest BCUT2D eigenvalue weighted by Crippen LogP contribution is 2.34. The molecule has 1 aromatic heterocycles.